The largest absolute Gasteiger partial charge is 0.495 e. The molecule has 2 aromatic rings. The molecule has 0 spiro atoms. The van der Waals surface area contributed by atoms with E-state index in [4.69, 9.17) is 21.1 Å². The van der Waals surface area contributed by atoms with Crippen molar-refractivity contribution in [3.8, 4) is 5.75 Å². The highest BCUT2D eigenvalue weighted by molar-refractivity contribution is 6.31. The number of carbonyl (C=O) groups is 3. The molecule has 8 heteroatoms. The number of nitrogens with zero attached hydrogens (tertiary/aromatic N) is 1. The summed E-state index contributed by atoms with van der Waals surface area (Å²) in [7, 11) is 1.50. The number of hydrogen-bond acceptors (Lipinski definition) is 5. The minimum atomic E-state index is -0.637. The van der Waals surface area contributed by atoms with Crippen LogP contribution in [0.4, 0.5) is 11.4 Å². The van der Waals surface area contributed by atoms with E-state index in [0.29, 0.717) is 22.1 Å². The van der Waals surface area contributed by atoms with Crippen LogP contribution in [0.15, 0.2) is 42.5 Å². The van der Waals surface area contributed by atoms with Crippen LogP contribution in [-0.4, -0.2) is 38.0 Å². The molecule has 29 heavy (non-hydrogen) atoms. The van der Waals surface area contributed by atoms with Gasteiger partial charge >= 0.3 is 5.97 Å². The van der Waals surface area contributed by atoms with Gasteiger partial charge in [0, 0.05) is 23.7 Å². The molecule has 1 saturated heterocycles. The molecule has 152 valence electrons. The van der Waals surface area contributed by atoms with Crippen LogP contribution in [0.2, 0.25) is 5.02 Å². The van der Waals surface area contributed by atoms with Gasteiger partial charge in [-0.05, 0) is 36.8 Å². The molecule has 1 atom stereocenters. The highest BCUT2D eigenvalue weighted by atomic mass is 35.5. The van der Waals surface area contributed by atoms with E-state index in [0.717, 1.165) is 5.56 Å². The predicted octanol–water partition coefficient (Wildman–Crippen LogP) is 3.19. The molecule has 2 amide bonds. The van der Waals surface area contributed by atoms with Gasteiger partial charge in [0.05, 0.1) is 18.7 Å². The Balaban J connectivity index is 1.55. The van der Waals surface area contributed by atoms with Crippen LogP contribution in [0.25, 0.3) is 0 Å². The molecule has 0 unspecified atom stereocenters. The lowest BCUT2D eigenvalue weighted by Crippen LogP contribution is -2.28. The zero-order chi connectivity index (χ0) is 21.0. The van der Waals surface area contributed by atoms with E-state index in [1.807, 2.05) is 13.0 Å². The van der Waals surface area contributed by atoms with Crippen molar-refractivity contribution in [3.63, 3.8) is 0 Å². The summed E-state index contributed by atoms with van der Waals surface area (Å²) in [5.41, 5.74) is 2.02. The lowest BCUT2D eigenvalue weighted by Gasteiger charge is -2.17. The number of nitrogens with one attached hydrogen (secondary N) is 1. The van der Waals surface area contributed by atoms with Crippen molar-refractivity contribution in [2.24, 2.45) is 5.92 Å². The van der Waals surface area contributed by atoms with Crippen LogP contribution in [0.3, 0.4) is 0 Å². The van der Waals surface area contributed by atoms with Crippen LogP contribution in [-0.2, 0) is 19.1 Å². The fourth-order valence-corrected chi connectivity index (χ4v) is 3.23. The van der Waals surface area contributed by atoms with Gasteiger partial charge in [0.15, 0.2) is 6.61 Å². The van der Waals surface area contributed by atoms with Crippen molar-refractivity contribution >= 4 is 40.8 Å². The van der Waals surface area contributed by atoms with Crippen LogP contribution in [0.5, 0.6) is 5.75 Å². The normalized spacial score (nSPS) is 15.9. The third-order valence-corrected chi connectivity index (χ3v) is 5.06. The zero-order valence-electron chi connectivity index (χ0n) is 16.1. The summed E-state index contributed by atoms with van der Waals surface area (Å²) in [6.45, 7) is 1.61. The summed E-state index contributed by atoms with van der Waals surface area (Å²) in [4.78, 5) is 38.2. The molecule has 0 aliphatic carbocycles. The number of para-hydroxylation sites is 2. The second-order valence-electron chi connectivity index (χ2n) is 6.70. The van der Waals surface area contributed by atoms with Gasteiger partial charge in [0.2, 0.25) is 5.91 Å². The third-order valence-electron chi connectivity index (χ3n) is 4.65. The zero-order valence-corrected chi connectivity index (χ0v) is 16.9. The highest BCUT2D eigenvalue weighted by Crippen LogP contribution is 2.29. The first kappa shape index (κ1) is 20.7. The second kappa shape index (κ2) is 8.96. The van der Waals surface area contributed by atoms with Crippen molar-refractivity contribution in [1.29, 1.82) is 0 Å². The van der Waals surface area contributed by atoms with E-state index in [9.17, 15) is 14.4 Å². The highest BCUT2D eigenvalue weighted by Gasteiger charge is 2.36. The topological polar surface area (TPSA) is 84.9 Å². The Morgan fingerprint density at radius 1 is 1.24 bits per heavy atom. The number of rotatable bonds is 6. The van der Waals surface area contributed by atoms with Gasteiger partial charge in [0.25, 0.3) is 5.91 Å². The molecule has 1 heterocycles. The number of esters is 1. The molecular weight excluding hydrogens is 396 g/mol. The monoisotopic (exact) mass is 416 g/mol. The maximum Gasteiger partial charge on any atom is 0.311 e. The molecule has 0 radical (unpaired) electrons. The quantitative estimate of drug-likeness (QED) is 0.731. The molecule has 3 rings (SSSR count). The molecule has 2 aromatic carbocycles. The van der Waals surface area contributed by atoms with E-state index in [1.54, 1.807) is 36.4 Å². The maximum absolute atomic E-state index is 12.3. The van der Waals surface area contributed by atoms with E-state index in [2.05, 4.69) is 5.32 Å². The molecule has 0 bridgehead atoms. The van der Waals surface area contributed by atoms with Gasteiger partial charge in [0.1, 0.15) is 5.75 Å². The summed E-state index contributed by atoms with van der Waals surface area (Å²) < 4.78 is 10.3. The van der Waals surface area contributed by atoms with Crippen molar-refractivity contribution in [2.75, 3.05) is 30.5 Å². The average Bonchev–Trinajstić information content (AvgIpc) is 3.10. The predicted molar refractivity (Wildman–Crippen MR) is 109 cm³/mol. The summed E-state index contributed by atoms with van der Waals surface area (Å²) >= 11 is 6.13. The Kier molecular flexibility index (Phi) is 6.39. The number of methoxy groups -OCH3 is 1. The first-order chi connectivity index (χ1) is 13.9. The number of amides is 2. The molecule has 1 aliphatic heterocycles. The summed E-state index contributed by atoms with van der Waals surface area (Å²) in [5, 5.41) is 3.18. The second-order valence-corrected chi connectivity index (χ2v) is 7.10. The van der Waals surface area contributed by atoms with Gasteiger partial charge in [-0.1, -0.05) is 29.8 Å². The molecule has 1 fully saturated rings. The minimum Gasteiger partial charge on any atom is -0.495 e. The molecule has 0 saturated carbocycles. The Hall–Kier alpha value is -3.06. The number of aryl methyl sites for hydroxylation is 1. The lowest BCUT2D eigenvalue weighted by atomic mass is 10.1. The van der Waals surface area contributed by atoms with E-state index in [-0.39, 0.29) is 18.9 Å². The first-order valence-electron chi connectivity index (χ1n) is 9.05. The fraction of sp³-hybridized carbons (Fsp3) is 0.286. The van der Waals surface area contributed by atoms with Crippen LogP contribution in [0.1, 0.15) is 12.0 Å². The first-order valence-corrected chi connectivity index (χ1v) is 9.43. The number of hydrogen-bond donors (Lipinski definition) is 1. The van der Waals surface area contributed by atoms with Crippen molar-refractivity contribution in [2.45, 2.75) is 13.3 Å². The van der Waals surface area contributed by atoms with Crippen molar-refractivity contribution in [1.82, 2.24) is 0 Å². The number of anilines is 2. The minimum absolute atomic E-state index is 0.0262. The SMILES string of the molecule is COc1ccccc1NC(=O)COC(=O)[C@@H]1CC(=O)N(c2ccc(C)c(Cl)c2)C1. The smallest absolute Gasteiger partial charge is 0.311 e. The van der Waals surface area contributed by atoms with Gasteiger partial charge < -0.3 is 19.7 Å². The van der Waals surface area contributed by atoms with Crippen molar-refractivity contribution < 1.29 is 23.9 Å². The van der Waals surface area contributed by atoms with Crippen molar-refractivity contribution in [3.05, 3.63) is 53.1 Å². The fourth-order valence-electron chi connectivity index (χ4n) is 3.05. The molecular formula is C21H21ClN2O5. The van der Waals surface area contributed by atoms with E-state index >= 15 is 0 Å². The Labute approximate surface area is 173 Å². The van der Waals surface area contributed by atoms with Gasteiger partial charge in [-0.2, -0.15) is 0 Å². The van der Waals surface area contributed by atoms with E-state index in [1.165, 1.54) is 12.0 Å². The molecule has 1 N–H and O–H groups in total. The van der Waals surface area contributed by atoms with E-state index < -0.39 is 24.4 Å². The Morgan fingerprint density at radius 2 is 2.00 bits per heavy atom. The van der Waals surface area contributed by atoms with Crippen LogP contribution < -0.4 is 15.0 Å². The third kappa shape index (κ3) is 4.86. The average molecular weight is 417 g/mol. The number of halogens is 1. The lowest BCUT2D eigenvalue weighted by molar-refractivity contribution is -0.151. The Bertz CT molecular complexity index is 946. The van der Waals surface area contributed by atoms with Crippen LogP contribution >= 0.6 is 11.6 Å². The van der Waals surface area contributed by atoms with Gasteiger partial charge in [-0.25, -0.2) is 0 Å². The van der Waals surface area contributed by atoms with Crippen LogP contribution in [0, 0.1) is 12.8 Å². The number of carbonyl (C=O) groups excluding carboxylic acids is 3. The number of ether oxygens (including phenoxy) is 2. The molecule has 1 aliphatic rings. The maximum atomic E-state index is 12.3. The number of benzene rings is 2. The molecule has 7 nitrogen and oxygen atoms in total. The summed E-state index contributed by atoms with van der Waals surface area (Å²) in [6, 6.07) is 12.2. The standard InChI is InChI=1S/C21H21ClN2O5/c1-13-7-8-15(10-16(13)22)24-11-14(9-20(24)26)21(27)29-12-19(25)23-17-5-3-4-6-18(17)28-2/h3-8,10,14H,9,11-12H2,1-2H3,(H,23,25)/t14-/m1/s1. The Morgan fingerprint density at radius 3 is 2.72 bits per heavy atom. The van der Waals surface area contributed by atoms with Gasteiger partial charge in [-0.15, -0.1) is 0 Å². The van der Waals surface area contributed by atoms with Gasteiger partial charge in [-0.3, -0.25) is 14.4 Å². The summed E-state index contributed by atoms with van der Waals surface area (Å²) in [6.07, 6.45) is 0.0262. The molecule has 0 aromatic heterocycles. The summed E-state index contributed by atoms with van der Waals surface area (Å²) in [5.74, 6) is -1.41.